The first kappa shape index (κ1) is 37.7. The Labute approximate surface area is 280 Å². The van der Waals surface area contributed by atoms with E-state index in [1.54, 1.807) is 0 Å². The first-order valence-electron chi connectivity index (χ1n) is 18.1. The summed E-state index contributed by atoms with van der Waals surface area (Å²) in [4.78, 5) is 5.13. The third-order valence-corrected chi connectivity index (χ3v) is 12.6. The average Bonchev–Trinajstić information content (AvgIpc) is 2.90. The van der Waals surface area contributed by atoms with Crippen LogP contribution < -0.4 is 0 Å². The highest BCUT2D eigenvalue weighted by molar-refractivity contribution is 6.37. The van der Waals surface area contributed by atoms with E-state index in [2.05, 4.69) is 122 Å². The number of rotatable bonds is 10. The molecule has 4 aliphatic heterocycles. The average molecular weight is 629 g/mol. The van der Waals surface area contributed by atoms with Crippen molar-refractivity contribution >= 4 is 14.6 Å². The number of ether oxygens (including phenoxy) is 4. The summed E-state index contributed by atoms with van der Waals surface area (Å²) in [6.45, 7) is 30.8. The smallest absolute Gasteiger partial charge is 0.162 e. The van der Waals surface area contributed by atoms with Crippen LogP contribution in [-0.4, -0.2) is 99.6 Å². The lowest BCUT2D eigenvalue weighted by molar-refractivity contribution is -0.332. The van der Waals surface area contributed by atoms with Crippen LogP contribution >= 0.6 is 0 Å². The quantitative estimate of drug-likeness (QED) is 0.230. The molecule has 258 valence electrons. The molecule has 1 spiro atoms. The van der Waals surface area contributed by atoms with E-state index in [0.717, 1.165) is 31.3 Å². The topological polar surface area (TPSA) is 43.4 Å². The van der Waals surface area contributed by atoms with Gasteiger partial charge in [-0.25, -0.2) is 0 Å². The van der Waals surface area contributed by atoms with E-state index in [4.69, 9.17) is 18.9 Å². The van der Waals surface area contributed by atoms with Gasteiger partial charge in [-0.05, 0) is 101 Å². The number of likely N-dealkylation sites (tertiary alicyclic amines) is 2. The SMILES string of the molecule is CN1C(C)(C)CC([B]CCC(C)(C)C2OCC3(COC(C(C)(C)C[B]CC4CC(C)(C)N(C)C(C)(C)C4)OC3)CO2)CC1(C)C. The van der Waals surface area contributed by atoms with Gasteiger partial charge in [0.05, 0.1) is 31.8 Å². The van der Waals surface area contributed by atoms with E-state index in [9.17, 15) is 0 Å². The molecule has 0 aliphatic carbocycles. The maximum atomic E-state index is 6.44. The minimum atomic E-state index is -0.217. The van der Waals surface area contributed by atoms with E-state index in [1.165, 1.54) is 25.7 Å². The van der Waals surface area contributed by atoms with E-state index in [-0.39, 0.29) is 51.0 Å². The highest BCUT2D eigenvalue weighted by atomic mass is 16.7. The van der Waals surface area contributed by atoms with Crippen molar-refractivity contribution < 1.29 is 18.9 Å². The van der Waals surface area contributed by atoms with Crippen LogP contribution in [0.1, 0.15) is 115 Å². The summed E-state index contributed by atoms with van der Waals surface area (Å²) in [7, 11) is 9.66. The van der Waals surface area contributed by atoms with Crippen molar-refractivity contribution in [1.29, 1.82) is 0 Å². The molecule has 0 atom stereocenters. The second-order valence-corrected chi connectivity index (χ2v) is 19.7. The fourth-order valence-electron chi connectivity index (χ4n) is 9.21. The minimum Gasteiger partial charge on any atom is -0.351 e. The Kier molecular flexibility index (Phi) is 11.2. The van der Waals surface area contributed by atoms with Gasteiger partial charge in [0.25, 0.3) is 0 Å². The van der Waals surface area contributed by atoms with Gasteiger partial charge in [-0.1, -0.05) is 58.9 Å². The number of nitrogens with zero attached hydrogens (tertiary/aromatic N) is 2. The third-order valence-electron chi connectivity index (χ3n) is 12.6. The first-order chi connectivity index (χ1) is 20.5. The maximum absolute atomic E-state index is 6.44. The molecule has 4 aliphatic rings. The van der Waals surface area contributed by atoms with Gasteiger partial charge in [-0.3, -0.25) is 9.80 Å². The fourth-order valence-corrected chi connectivity index (χ4v) is 9.21. The molecule has 0 unspecified atom stereocenters. The molecule has 0 saturated carbocycles. The van der Waals surface area contributed by atoms with Gasteiger partial charge < -0.3 is 18.9 Å². The molecule has 4 saturated heterocycles. The summed E-state index contributed by atoms with van der Waals surface area (Å²) in [5.74, 6) is 1.37. The zero-order valence-electron chi connectivity index (χ0n) is 32.0. The highest BCUT2D eigenvalue weighted by Crippen LogP contribution is 2.45. The predicted octanol–water partition coefficient (Wildman–Crippen LogP) is 7.79. The van der Waals surface area contributed by atoms with Crippen LogP contribution in [-0.2, 0) is 18.9 Å². The Hall–Kier alpha value is -0.110. The molecule has 4 rings (SSSR count). The summed E-state index contributed by atoms with van der Waals surface area (Å²) in [6.07, 6.45) is 8.83. The van der Waals surface area contributed by atoms with Gasteiger partial charge in [-0.15, -0.1) is 0 Å². The normalized spacial score (nSPS) is 33.3. The molecule has 0 amide bonds. The molecule has 0 aromatic carbocycles. The van der Waals surface area contributed by atoms with Crippen LogP contribution in [0.5, 0.6) is 0 Å². The standard InChI is InChI=1S/C37H70B2N2O4/c1-31(2,15-16-39-28-19-35(9,10)41(14)36(11,12)20-28)29-42-23-37(24-43-29)25-44-30(45-26-37)32(3,4)22-38-21-27-17-33(5,6)40(13)34(7,8)18-27/h27-30H,15-26H2,1-14H3. The van der Waals surface area contributed by atoms with E-state index in [1.807, 2.05) is 0 Å². The van der Waals surface area contributed by atoms with Gasteiger partial charge in [0.15, 0.2) is 12.6 Å². The van der Waals surface area contributed by atoms with Gasteiger partial charge >= 0.3 is 0 Å². The van der Waals surface area contributed by atoms with E-state index < -0.39 is 0 Å². The Morgan fingerprint density at radius 3 is 1.47 bits per heavy atom. The highest BCUT2D eigenvalue weighted by Gasteiger charge is 2.48. The minimum absolute atomic E-state index is 0.0521. The van der Waals surface area contributed by atoms with E-state index in [0.29, 0.717) is 32.2 Å². The summed E-state index contributed by atoms with van der Waals surface area (Å²) in [6, 6.07) is 0. The molecule has 45 heavy (non-hydrogen) atoms. The van der Waals surface area contributed by atoms with Crippen LogP contribution in [0.4, 0.5) is 0 Å². The molecular formula is C37H70B2N2O4. The predicted molar refractivity (Wildman–Crippen MR) is 189 cm³/mol. The van der Waals surface area contributed by atoms with Crippen molar-refractivity contribution in [2.75, 3.05) is 40.5 Å². The zero-order chi connectivity index (χ0) is 33.7. The molecule has 6 nitrogen and oxygen atoms in total. The molecule has 4 heterocycles. The summed E-state index contributed by atoms with van der Waals surface area (Å²) in [5.41, 5.74) is 0.569. The van der Waals surface area contributed by atoms with Gasteiger partial charge in [-0.2, -0.15) is 0 Å². The molecule has 2 radical (unpaired) electrons. The van der Waals surface area contributed by atoms with E-state index >= 15 is 0 Å². The van der Waals surface area contributed by atoms with Crippen molar-refractivity contribution in [3.63, 3.8) is 0 Å². The van der Waals surface area contributed by atoms with Crippen LogP contribution in [0.2, 0.25) is 24.8 Å². The van der Waals surface area contributed by atoms with Crippen molar-refractivity contribution in [3.05, 3.63) is 0 Å². The lowest BCUT2D eigenvalue weighted by Crippen LogP contribution is -2.58. The first-order valence-corrected chi connectivity index (χ1v) is 18.1. The van der Waals surface area contributed by atoms with Crippen molar-refractivity contribution in [1.82, 2.24) is 9.80 Å². The lowest BCUT2D eigenvalue weighted by atomic mass is 9.52. The lowest BCUT2D eigenvalue weighted by Gasteiger charge is -2.54. The fraction of sp³-hybridized carbons (Fsp3) is 1.00. The van der Waals surface area contributed by atoms with Crippen LogP contribution in [0.15, 0.2) is 0 Å². The van der Waals surface area contributed by atoms with Crippen LogP contribution in [0, 0.1) is 22.2 Å². The Morgan fingerprint density at radius 2 is 1.02 bits per heavy atom. The van der Waals surface area contributed by atoms with Gasteiger partial charge in [0, 0.05) is 33.0 Å². The molecule has 0 N–H and O–H groups in total. The summed E-state index contributed by atoms with van der Waals surface area (Å²) < 4.78 is 25.8. The molecule has 4 fully saturated rings. The number of hydrogen-bond acceptors (Lipinski definition) is 6. The largest absolute Gasteiger partial charge is 0.351 e. The maximum Gasteiger partial charge on any atom is 0.162 e. The molecule has 0 aromatic rings. The van der Waals surface area contributed by atoms with Gasteiger partial charge in [0.1, 0.15) is 14.6 Å². The third kappa shape index (κ3) is 8.74. The van der Waals surface area contributed by atoms with Gasteiger partial charge in [0.2, 0.25) is 0 Å². The van der Waals surface area contributed by atoms with Crippen molar-refractivity contribution in [2.45, 2.75) is 175 Å². The Bertz CT molecular complexity index is 863. The Morgan fingerprint density at radius 1 is 0.622 bits per heavy atom. The monoisotopic (exact) mass is 629 g/mol. The summed E-state index contributed by atoms with van der Waals surface area (Å²) in [5, 5.41) is 0. The number of hydrogen-bond donors (Lipinski definition) is 0. The van der Waals surface area contributed by atoms with Crippen molar-refractivity contribution in [2.24, 2.45) is 22.2 Å². The number of piperidine rings is 2. The van der Waals surface area contributed by atoms with Crippen molar-refractivity contribution in [3.8, 4) is 0 Å². The molecule has 0 aromatic heterocycles. The second-order valence-electron chi connectivity index (χ2n) is 19.7. The summed E-state index contributed by atoms with van der Waals surface area (Å²) >= 11 is 0. The molecule has 0 bridgehead atoms. The second kappa shape index (κ2) is 13.3. The molecule has 8 heteroatoms. The zero-order valence-corrected chi connectivity index (χ0v) is 32.0. The van der Waals surface area contributed by atoms with Crippen LogP contribution in [0.25, 0.3) is 0 Å². The molecular weight excluding hydrogens is 558 g/mol. The van der Waals surface area contributed by atoms with Crippen LogP contribution in [0.3, 0.4) is 0 Å². The Balaban J connectivity index is 1.18.